The molecular weight excluding hydrogens is 464 g/mol. The number of amides is 3. The number of thioether (sulfide) groups is 1. The van der Waals surface area contributed by atoms with E-state index in [-0.39, 0.29) is 30.1 Å². The molecule has 1 aliphatic heterocycles. The number of nitrogens with one attached hydrogen (secondary N) is 1. The number of imide groups is 1. The van der Waals surface area contributed by atoms with Gasteiger partial charge in [0.25, 0.3) is 17.1 Å². The molecule has 1 N–H and O–H groups in total. The van der Waals surface area contributed by atoms with E-state index in [1.54, 1.807) is 24.3 Å². The van der Waals surface area contributed by atoms with Crippen molar-refractivity contribution in [2.75, 3.05) is 26.8 Å². The average molecular weight is 497 g/mol. The number of carbonyl (C=O) groups is 3. The fourth-order valence-corrected chi connectivity index (χ4v) is 4.39. The summed E-state index contributed by atoms with van der Waals surface area (Å²) in [6.07, 6.45) is 6.13. The van der Waals surface area contributed by atoms with Crippen LogP contribution in [0.5, 0.6) is 11.5 Å². The summed E-state index contributed by atoms with van der Waals surface area (Å²) in [5.41, 5.74) is 2.39. The Morgan fingerprint density at radius 1 is 1.06 bits per heavy atom. The number of methoxy groups -OCH3 is 1. The molecule has 0 atom stereocenters. The Labute approximate surface area is 210 Å². The molecule has 35 heavy (non-hydrogen) atoms. The average Bonchev–Trinajstić information content (AvgIpc) is 3.12. The van der Waals surface area contributed by atoms with Crippen LogP contribution in [-0.4, -0.2) is 48.8 Å². The van der Waals surface area contributed by atoms with Gasteiger partial charge < -0.3 is 14.8 Å². The Bertz CT molecular complexity index is 1080. The predicted molar refractivity (Wildman–Crippen MR) is 139 cm³/mol. The van der Waals surface area contributed by atoms with Crippen LogP contribution in [-0.2, 0) is 4.79 Å². The highest BCUT2D eigenvalue weighted by molar-refractivity contribution is 8.18. The van der Waals surface area contributed by atoms with Gasteiger partial charge in [-0.3, -0.25) is 19.3 Å². The van der Waals surface area contributed by atoms with E-state index < -0.39 is 0 Å². The highest BCUT2D eigenvalue weighted by atomic mass is 32.2. The minimum Gasteiger partial charge on any atom is -0.493 e. The van der Waals surface area contributed by atoms with Crippen molar-refractivity contribution in [3.05, 3.63) is 64.1 Å². The Morgan fingerprint density at radius 3 is 2.54 bits per heavy atom. The molecular formula is C27H32N2O5S. The van der Waals surface area contributed by atoms with Crippen molar-refractivity contribution in [1.82, 2.24) is 10.2 Å². The van der Waals surface area contributed by atoms with Crippen LogP contribution in [0.1, 0.15) is 54.1 Å². The van der Waals surface area contributed by atoms with E-state index in [9.17, 15) is 14.4 Å². The summed E-state index contributed by atoms with van der Waals surface area (Å²) < 4.78 is 11.2. The van der Waals surface area contributed by atoms with Crippen LogP contribution in [0.15, 0.2) is 47.4 Å². The van der Waals surface area contributed by atoms with E-state index >= 15 is 0 Å². The van der Waals surface area contributed by atoms with E-state index in [1.807, 2.05) is 31.2 Å². The second kappa shape index (κ2) is 13.0. The molecule has 0 aromatic heterocycles. The van der Waals surface area contributed by atoms with E-state index in [0.717, 1.165) is 47.1 Å². The zero-order valence-corrected chi connectivity index (χ0v) is 21.3. The third-order valence-corrected chi connectivity index (χ3v) is 6.46. The molecule has 0 aliphatic carbocycles. The first kappa shape index (κ1) is 26.3. The number of hydrogen-bond donors (Lipinski definition) is 1. The monoisotopic (exact) mass is 496 g/mol. The molecule has 1 heterocycles. The standard InChI is InChI=1S/C27H32N2O5S/c1-4-5-6-7-16-34-22-13-12-21(18-23(22)33-3)25(30)28-14-15-29-26(31)24(35-27(29)32)17-20-10-8-19(2)9-11-20/h8-13,17-18H,4-7,14-16H2,1-3H3,(H,28,30). The van der Waals surface area contributed by atoms with E-state index in [1.165, 1.54) is 13.5 Å². The molecule has 0 bridgehead atoms. The number of carbonyl (C=O) groups excluding carboxylic acids is 3. The zero-order valence-electron chi connectivity index (χ0n) is 20.5. The molecule has 0 saturated carbocycles. The Balaban J connectivity index is 1.52. The number of hydrogen-bond acceptors (Lipinski definition) is 6. The lowest BCUT2D eigenvalue weighted by Crippen LogP contribution is -2.37. The third-order valence-electron chi connectivity index (χ3n) is 5.55. The molecule has 2 aromatic carbocycles. The molecule has 1 fully saturated rings. The molecule has 8 heteroatoms. The van der Waals surface area contributed by atoms with Crippen LogP contribution < -0.4 is 14.8 Å². The Morgan fingerprint density at radius 2 is 1.83 bits per heavy atom. The predicted octanol–water partition coefficient (Wildman–Crippen LogP) is 5.43. The second-order valence-electron chi connectivity index (χ2n) is 8.27. The zero-order chi connectivity index (χ0) is 25.2. The molecule has 0 unspecified atom stereocenters. The summed E-state index contributed by atoms with van der Waals surface area (Å²) in [5.74, 6) is 0.413. The Kier molecular flexibility index (Phi) is 9.78. The summed E-state index contributed by atoms with van der Waals surface area (Å²) in [4.78, 5) is 39.1. The lowest BCUT2D eigenvalue weighted by atomic mass is 10.1. The van der Waals surface area contributed by atoms with Gasteiger partial charge in [0.15, 0.2) is 11.5 Å². The molecule has 2 aromatic rings. The van der Waals surface area contributed by atoms with Crippen molar-refractivity contribution >= 4 is 34.9 Å². The second-order valence-corrected chi connectivity index (χ2v) is 9.27. The molecule has 0 spiro atoms. The minimum atomic E-state index is -0.350. The number of rotatable bonds is 12. The van der Waals surface area contributed by atoms with Gasteiger partial charge in [-0.25, -0.2) is 0 Å². The topological polar surface area (TPSA) is 84.9 Å². The van der Waals surface area contributed by atoms with Crippen LogP contribution in [0, 0.1) is 6.92 Å². The third kappa shape index (κ3) is 7.36. The van der Waals surface area contributed by atoms with Crippen LogP contribution >= 0.6 is 11.8 Å². The highest BCUT2D eigenvalue weighted by Gasteiger charge is 2.34. The lowest BCUT2D eigenvalue weighted by Gasteiger charge is -2.14. The van der Waals surface area contributed by atoms with Gasteiger partial charge in [0.1, 0.15) is 0 Å². The highest BCUT2D eigenvalue weighted by Crippen LogP contribution is 2.32. The number of benzene rings is 2. The fraction of sp³-hybridized carbons (Fsp3) is 0.370. The molecule has 0 radical (unpaired) electrons. The molecule has 3 amide bonds. The molecule has 186 valence electrons. The van der Waals surface area contributed by atoms with Crippen molar-refractivity contribution < 1.29 is 23.9 Å². The van der Waals surface area contributed by atoms with Gasteiger partial charge in [0, 0.05) is 18.7 Å². The summed E-state index contributed by atoms with van der Waals surface area (Å²) in [6.45, 7) is 4.98. The van der Waals surface area contributed by atoms with Crippen molar-refractivity contribution in [2.24, 2.45) is 0 Å². The minimum absolute atomic E-state index is 0.0950. The first-order valence-corrected chi connectivity index (χ1v) is 12.7. The van der Waals surface area contributed by atoms with Gasteiger partial charge in [0.05, 0.1) is 18.6 Å². The first-order valence-electron chi connectivity index (χ1n) is 11.8. The summed E-state index contributed by atoms with van der Waals surface area (Å²) in [5, 5.41) is 2.42. The van der Waals surface area contributed by atoms with Crippen LogP contribution in [0.2, 0.25) is 0 Å². The molecule has 7 nitrogen and oxygen atoms in total. The van der Waals surface area contributed by atoms with Gasteiger partial charge in [-0.1, -0.05) is 56.0 Å². The van der Waals surface area contributed by atoms with E-state index in [2.05, 4.69) is 12.2 Å². The molecule has 1 aliphatic rings. The number of ether oxygens (including phenoxy) is 2. The molecule has 3 rings (SSSR count). The van der Waals surface area contributed by atoms with Crippen molar-refractivity contribution in [3.63, 3.8) is 0 Å². The number of aryl methyl sites for hydroxylation is 1. The van der Waals surface area contributed by atoms with Gasteiger partial charge in [-0.05, 0) is 54.9 Å². The summed E-state index contributed by atoms with van der Waals surface area (Å²) >= 11 is 0.909. The Hall–Kier alpha value is -3.26. The van der Waals surface area contributed by atoms with E-state index in [4.69, 9.17) is 9.47 Å². The van der Waals surface area contributed by atoms with Crippen molar-refractivity contribution in [3.8, 4) is 11.5 Å². The van der Waals surface area contributed by atoms with Crippen molar-refractivity contribution in [2.45, 2.75) is 39.5 Å². The van der Waals surface area contributed by atoms with Crippen LogP contribution in [0.25, 0.3) is 6.08 Å². The van der Waals surface area contributed by atoms with Crippen molar-refractivity contribution in [1.29, 1.82) is 0 Å². The number of nitrogens with zero attached hydrogens (tertiary/aromatic N) is 1. The van der Waals surface area contributed by atoms with Gasteiger partial charge in [-0.15, -0.1) is 0 Å². The van der Waals surface area contributed by atoms with Crippen LogP contribution in [0.3, 0.4) is 0 Å². The maximum atomic E-state index is 12.7. The quantitative estimate of drug-likeness (QED) is 0.312. The first-order chi connectivity index (χ1) is 16.9. The largest absolute Gasteiger partial charge is 0.493 e. The maximum absolute atomic E-state index is 12.7. The smallest absolute Gasteiger partial charge is 0.293 e. The maximum Gasteiger partial charge on any atom is 0.293 e. The van der Waals surface area contributed by atoms with Crippen LogP contribution in [0.4, 0.5) is 4.79 Å². The fourth-order valence-electron chi connectivity index (χ4n) is 3.53. The van der Waals surface area contributed by atoms with Gasteiger partial charge >= 0.3 is 0 Å². The molecule has 1 saturated heterocycles. The lowest BCUT2D eigenvalue weighted by molar-refractivity contribution is -0.122. The van der Waals surface area contributed by atoms with Gasteiger partial charge in [0.2, 0.25) is 0 Å². The SMILES string of the molecule is CCCCCCOc1ccc(C(=O)NCCN2C(=O)SC(=Cc3ccc(C)cc3)C2=O)cc1OC. The summed E-state index contributed by atoms with van der Waals surface area (Å²) in [7, 11) is 1.53. The summed E-state index contributed by atoms with van der Waals surface area (Å²) in [6, 6.07) is 12.7. The van der Waals surface area contributed by atoms with Gasteiger partial charge in [-0.2, -0.15) is 0 Å². The number of unbranched alkanes of at least 4 members (excludes halogenated alkanes) is 3. The normalized spacial score (nSPS) is 14.5. The van der Waals surface area contributed by atoms with E-state index in [0.29, 0.717) is 28.6 Å².